The predicted octanol–water partition coefficient (Wildman–Crippen LogP) is 19.9. The van der Waals surface area contributed by atoms with E-state index in [9.17, 15) is 0 Å². The zero-order chi connectivity index (χ0) is 43.6. The van der Waals surface area contributed by atoms with Crippen molar-refractivity contribution in [2.75, 3.05) is 0 Å². The first-order valence-electron chi connectivity index (χ1n) is 22.2. The molecule has 9 aromatic carbocycles. The average molecular weight is 911 g/mol. The molecule has 310 valence electrons. The van der Waals surface area contributed by atoms with Gasteiger partial charge in [0.15, 0.2) is 0 Å². The molecule has 0 saturated heterocycles. The van der Waals surface area contributed by atoms with E-state index in [1.807, 2.05) is 45.3 Å². The van der Waals surface area contributed by atoms with Gasteiger partial charge in [0.05, 0.1) is 0 Å². The molecule has 0 spiro atoms. The summed E-state index contributed by atoms with van der Waals surface area (Å²) in [6.07, 6.45) is 0. The van der Waals surface area contributed by atoms with E-state index in [0.29, 0.717) is 0 Å². The van der Waals surface area contributed by atoms with E-state index < -0.39 is 0 Å². The van der Waals surface area contributed by atoms with Crippen molar-refractivity contribution in [3.05, 3.63) is 229 Å². The summed E-state index contributed by atoms with van der Waals surface area (Å²) in [4.78, 5) is 2.59. The van der Waals surface area contributed by atoms with Crippen molar-refractivity contribution in [1.29, 1.82) is 0 Å². The fourth-order valence-corrected chi connectivity index (χ4v) is 13.6. The molecular weight excluding hydrogens is 873 g/mol. The molecule has 4 aromatic heterocycles. The van der Waals surface area contributed by atoms with Gasteiger partial charge in [-0.1, -0.05) is 170 Å². The lowest BCUT2D eigenvalue weighted by Gasteiger charge is -2.13. The molecule has 66 heavy (non-hydrogen) atoms. The summed E-state index contributed by atoms with van der Waals surface area (Å²) in [6, 6.07) is 80.8. The zero-order valence-corrected chi connectivity index (χ0v) is 38.8. The van der Waals surface area contributed by atoms with E-state index in [0.717, 1.165) is 0 Å². The third kappa shape index (κ3) is 7.02. The van der Waals surface area contributed by atoms with E-state index in [1.54, 1.807) is 0 Å². The van der Waals surface area contributed by atoms with Crippen molar-refractivity contribution in [2.24, 2.45) is 0 Å². The minimum atomic E-state index is 1.22. The molecule has 0 N–H and O–H groups in total. The maximum atomic E-state index is 2.38. The van der Waals surface area contributed by atoms with Crippen LogP contribution in [0, 0.1) is 0 Å². The van der Waals surface area contributed by atoms with Crippen LogP contribution in [0.2, 0.25) is 0 Å². The highest BCUT2D eigenvalue weighted by molar-refractivity contribution is 7.24. The standard InChI is InChI=1S/C62H38S4/c1-3-11-41(12-4-1)53-31-45(27-29-49(53)55-37-63-57-17-9-7-15-51(55)57)39-19-23-43(24-20-39)59-33-47-35-62-48(36-61(47)65-59)34-60(66-62)44-25-21-40(22-26-44)46-28-30-50(54(32-46)42-13-5-2-6-14-42)56-38-64-58-18-10-8-16-52(56)58/h1-38H. The Hall–Kier alpha value is -7.18. The van der Waals surface area contributed by atoms with Crippen LogP contribution in [0.1, 0.15) is 0 Å². The summed E-state index contributed by atoms with van der Waals surface area (Å²) in [7, 11) is 0. The third-order valence-corrected chi connectivity index (χ3v) is 17.1. The molecule has 0 nitrogen and oxygen atoms in total. The molecule has 0 unspecified atom stereocenters. The van der Waals surface area contributed by atoms with Crippen molar-refractivity contribution < 1.29 is 0 Å². The van der Waals surface area contributed by atoms with Crippen LogP contribution in [-0.2, 0) is 0 Å². The lowest BCUT2D eigenvalue weighted by Crippen LogP contribution is -1.87. The second kappa shape index (κ2) is 16.4. The summed E-state index contributed by atoms with van der Waals surface area (Å²) in [6.45, 7) is 0. The highest BCUT2D eigenvalue weighted by Crippen LogP contribution is 2.45. The normalized spacial score (nSPS) is 11.6. The maximum absolute atomic E-state index is 2.38. The van der Waals surface area contributed by atoms with Crippen molar-refractivity contribution >= 4 is 85.7 Å². The van der Waals surface area contributed by atoms with Crippen molar-refractivity contribution in [3.8, 4) is 87.6 Å². The number of rotatable bonds is 8. The van der Waals surface area contributed by atoms with Gasteiger partial charge >= 0.3 is 0 Å². The number of hydrogen-bond acceptors (Lipinski definition) is 4. The van der Waals surface area contributed by atoms with Gasteiger partial charge in [0, 0.05) is 50.5 Å². The Morgan fingerprint density at radius 2 is 0.606 bits per heavy atom. The van der Waals surface area contributed by atoms with Gasteiger partial charge in [-0.3, -0.25) is 0 Å². The van der Waals surface area contributed by atoms with Crippen LogP contribution >= 0.6 is 45.3 Å². The number of hydrogen-bond donors (Lipinski definition) is 0. The van der Waals surface area contributed by atoms with Crippen LogP contribution in [0.25, 0.3) is 128 Å². The molecule has 0 bridgehead atoms. The van der Waals surface area contributed by atoms with Crippen LogP contribution in [0.3, 0.4) is 0 Å². The molecule has 13 aromatic rings. The Balaban J connectivity index is 0.769. The smallest absolute Gasteiger partial charge is 0.0356 e. The van der Waals surface area contributed by atoms with Crippen molar-refractivity contribution in [3.63, 3.8) is 0 Å². The van der Waals surface area contributed by atoms with Crippen LogP contribution in [-0.4, -0.2) is 0 Å². The second-order valence-corrected chi connectivity index (χ2v) is 20.8. The first kappa shape index (κ1) is 39.2. The van der Waals surface area contributed by atoms with Crippen LogP contribution in [0.5, 0.6) is 0 Å². The summed E-state index contributed by atoms with van der Waals surface area (Å²) >= 11 is 7.39. The minimum Gasteiger partial charge on any atom is -0.143 e. The molecule has 0 atom stereocenters. The summed E-state index contributed by atoms with van der Waals surface area (Å²) in [5.74, 6) is 0. The summed E-state index contributed by atoms with van der Waals surface area (Å²) in [5.41, 5.74) is 17.5. The largest absolute Gasteiger partial charge is 0.143 e. The van der Waals surface area contributed by atoms with Crippen LogP contribution in [0.15, 0.2) is 229 Å². The van der Waals surface area contributed by atoms with Gasteiger partial charge in [0.2, 0.25) is 0 Å². The molecule has 0 amide bonds. The first-order chi connectivity index (χ1) is 32.7. The van der Waals surface area contributed by atoms with Gasteiger partial charge in [-0.15, -0.1) is 45.3 Å². The monoisotopic (exact) mass is 910 g/mol. The van der Waals surface area contributed by atoms with Gasteiger partial charge in [-0.25, -0.2) is 0 Å². The van der Waals surface area contributed by atoms with E-state index in [2.05, 4.69) is 229 Å². The SMILES string of the molecule is c1ccc(-c2cc(-c3ccc(-c4cc5cc6sc(-c7ccc(-c8ccc(-c9csc%10ccccc9%10)c(-c9ccccc9)c8)cc7)cc6cc5s4)cc3)ccc2-c2csc3ccccc23)cc1. The molecule has 13 rings (SSSR count). The summed E-state index contributed by atoms with van der Waals surface area (Å²) in [5, 5.41) is 9.83. The Labute approximate surface area is 399 Å². The van der Waals surface area contributed by atoms with Crippen LogP contribution in [0.4, 0.5) is 0 Å². The average Bonchev–Trinajstić information content (AvgIpc) is 4.21. The fourth-order valence-electron chi connectivity index (χ4n) is 9.51. The Kier molecular flexibility index (Phi) is 9.72. The Bertz CT molecular complexity index is 3590. The van der Waals surface area contributed by atoms with Crippen LogP contribution < -0.4 is 0 Å². The number of thiophene rings is 4. The first-order valence-corrected chi connectivity index (χ1v) is 25.6. The van der Waals surface area contributed by atoms with Gasteiger partial charge in [0.25, 0.3) is 0 Å². The number of fused-ring (bicyclic) bond motifs is 4. The molecule has 0 aliphatic heterocycles. The van der Waals surface area contributed by atoms with E-state index in [4.69, 9.17) is 0 Å². The molecule has 0 aliphatic carbocycles. The topological polar surface area (TPSA) is 0 Å². The van der Waals surface area contributed by atoms with Gasteiger partial charge in [0.1, 0.15) is 0 Å². The molecular formula is C62H38S4. The quantitative estimate of drug-likeness (QED) is 0.142. The highest BCUT2D eigenvalue weighted by Gasteiger charge is 2.17. The van der Waals surface area contributed by atoms with E-state index >= 15 is 0 Å². The minimum absolute atomic E-state index is 1.22. The van der Waals surface area contributed by atoms with Gasteiger partial charge < -0.3 is 0 Å². The summed E-state index contributed by atoms with van der Waals surface area (Å²) < 4.78 is 5.27. The zero-order valence-electron chi connectivity index (χ0n) is 35.6. The third-order valence-electron chi connectivity index (χ3n) is 12.9. The second-order valence-electron chi connectivity index (χ2n) is 16.8. The molecule has 0 saturated carbocycles. The molecule has 0 radical (unpaired) electrons. The van der Waals surface area contributed by atoms with Gasteiger partial charge in [-0.05, 0) is 137 Å². The van der Waals surface area contributed by atoms with Gasteiger partial charge in [-0.2, -0.15) is 0 Å². The molecule has 0 aliphatic rings. The highest BCUT2D eigenvalue weighted by atomic mass is 32.1. The van der Waals surface area contributed by atoms with Crippen molar-refractivity contribution in [2.45, 2.75) is 0 Å². The fraction of sp³-hybridized carbons (Fsp3) is 0. The lowest BCUT2D eigenvalue weighted by atomic mass is 9.91. The molecule has 4 heterocycles. The van der Waals surface area contributed by atoms with E-state index in [1.165, 1.54) is 128 Å². The Morgan fingerprint density at radius 1 is 0.227 bits per heavy atom. The number of benzene rings is 9. The van der Waals surface area contributed by atoms with Crippen molar-refractivity contribution in [1.82, 2.24) is 0 Å². The predicted molar refractivity (Wildman–Crippen MR) is 291 cm³/mol. The molecule has 0 fully saturated rings. The lowest BCUT2D eigenvalue weighted by molar-refractivity contribution is 1.58. The molecule has 4 heteroatoms. The Morgan fingerprint density at radius 3 is 1.05 bits per heavy atom. The van der Waals surface area contributed by atoms with E-state index in [-0.39, 0.29) is 0 Å². The maximum Gasteiger partial charge on any atom is 0.0356 e.